The number of phenols is 1. The molecule has 1 aliphatic heterocycles. The standard InChI is InChI=1S/C26H16ClF4N7O2/c1-26(11-6-13(29)19(27)17(39)7-11)18-21(32)35-22(36-23(18)37-25(26)40)16-9-38-3-2-33-24(38)15(34-16)5-10-4-12(28)8-14(30)20(10)31/h2-4,6-9,39H,5H2,1H3,(H3,32,35,36,37,40)/t26-/m1/s1. The maximum atomic E-state index is 14.4. The quantitative estimate of drug-likeness (QED) is 0.214. The lowest BCUT2D eigenvalue weighted by atomic mass is 9.77. The van der Waals surface area contributed by atoms with E-state index in [2.05, 4.69) is 25.3 Å². The van der Waals surface area contributed by atoms with E-state index in [4.69, 9.17) is 17.3 Å². The van der Waals surface area contributed by atoms with Crippen molar-refractivity contribution in [3.63, 3.8) is 0 Å². The van der Waals surface area contributed by atoms with Gasteiger partial charge in [-0.15, -0.1) is 0 Å². The molecule has 5 aromatic rings. The van der Waals surface area contributed by atoms with Gasteiger partial charge in [0.1, 0.15) is 45.2 Å². The molecule has 1 amide bonds. The minimum atomic E-state index is -1.58. The lowest BCUT2D eigenvalue weighted by Gasteiger charge is -2.24. The van der Waals surface area contributed by atoms with Crippen LogP contribution in [0.5, 0.6) is 5.75 Å². The van der Waals surface area contributed by atoms with E-state index in [9.17, 15) is 27.5 Å². The van der Waals surface area contributed by atoms with Crippen LogP contribution in [0.3, 0.4) is 0 Å². The summed E-state index contributed by atoms with van der Waals surface area (Å²) in [6, 6.07) is 3.47. The zero-order valence-electron chi connectivity index (χ0n) is 20.3. The fraction of sp³-hybridized carbons (Fsp3) is 0.115. The molecule has 0 radical (unpaired) electrons. The van der Waals surface area contributed by atoms with Crippen molar-refractivity contribution in [2.45, 2.75) is 18.8 Å². The number of hydrogen-bond acceptors (Lipinski definition) is 7. The average Bonchev–Trinajstić information content (AvgIpc) is 3.48. The molecule has 0 saturated heterocycles. The molecule has 4 heterocycles. The normalized spacial score (nSPS) is 16.4. The first-order chi connectivity index (χ1) is 19.0. The zero-order chi connectivity index (χ0) is 28.5. The Kier molecular flexibility index (Phi) is 5.66. The van der Waals surface area contributed by atoms with Crippen LogP contribution in [0.15, 0.2) is 42.9 Å². The van der Waals surface area contributed by atoms with Crippen LogP contribution >= 0.6 is 11.6 Å². The van der Waals surface area contributed by atoms with Crippen LogP contribution in [0.1, 0.15) is 29.3 Å². The summed E-state index contributed by atoms with van der Waals surface area (Å²) in [7, 11) is 0. The highest BCUT2D eigenvalue weighted by atomic mass is 35.5. The molecule has 1 atom stereocenters. The van der Waals surface area contributed by atoms with Gasteiger partial charge in [-0.25, -0.2) is 37.5 Å². The van der Waals surface area contributed by atoms with Crippen LogP contribution in [0.25, 0.3) is 17.2 Å². The van der Waals surface area contributed by atoms with E-state index in [1.165, 1.54) is 19.3 Å². The number of hydrogen-bond donors (Lipinski definition) is 3. The number of nitrogens with one attached hydrogen (secondary N) is 1. The van der Waals surface area contributed by atoms with E-state index in [-0.39, 0.29) is 52.0 Å². The molecule has 0 unspecified atom stereocenters. The van der Waals surface area contributed by atoms with Crippen LogP contribution in [-0.4, -0.2) is 35.4 Å². The molecule has 4 N–H and O–H groups in total. The summed E-state index contributed by atoms with van der Waals surface area (Å²) in [6.07, 6.45) is 4.23. The maximum Gasteiger partial charge on any atom is 0.240 e. The molecule has 202 valence electrons. The second-order valence-electron chi connectivity index (χ2n) is 9.29. The van der Waals surface area contributed by atoms with Gasteiger partial charge in [-0.3, -0.25) is 4.79 Å². The van der Waals surface area contributed by atoms with E-state index in [1.807, 2.05) is 0 Å². The Balaban J connectivity index is 1.47. The molecule has 0 fully saturated rings. The van der Waals surface area contributed by atoms with Crippen molar-refractivity contribution in [3.05, 3.63) is 93.5 Å². The van der Waals surface area contributed by atoms with Crippen LogP contribution < -0.4 is 11.1 Å². The number of aromatic nitrogens is 5. The average molecular weight is 570 g/mol. The van der Waals surface area contributed by atoms with Gasteiger partial charge < -0.3 is 20.6 Å². The van der Waals surface area contributed by atoms with E-state index >= 15 is 0 Å². The molecule has 0 bridgehead atoms. The van der Waals surface area contributed by atoms with Crippen molar-refractivity contribution in [1.29, 1.82) is 0 Å². The number of benzene rings is 2. The van der Waals surface area contributed by atoms with E-state index in [0.29, 0.717) is 11.7 Å². The van der Waals surface area contributed by atoms with Crippen molar-refractivity contribution in [1.82, 2.24) is 24.3 Å². The number of nitrogens with zero attached hydrogens (tertiary/aromatic N) is 5. The summed E-state index contributed by atoms with van der Waals surface area (Å²) in [6.45, 7) is 1.47. The molecule has 0 saturated carbocycles. The van der Waals surface area contributed by atoms with Crippen molar-refractivity contribution in [2.75, 3.05) is 11.1 Å². The van der Waals surface area contributed by atoms with Gasteiger partial charge in [0.2, 0.25) is 5.91 Å². The number of rotatable bonds is 4. The lowest BCUT2D eigenvalue weighted by molar-refractivity contribution is -0.119. The first-order valence-electron chi connectivity index (χ1n) is 11.6. The number of halogens is 5. The van der Waals surface area contributed by atoms with Gasteiger partial charge in [-0.1, -0.05) is 11.6 Å². The third-order valence-corrected chi connectivity index (χ3v) is 7.18. The first kappa shape index (κ1) is 25.5. The molecule has 3 aromatic heterocycles. The van der Waals surface area contributed by atoms with Gasteiger partial charge in [-0.2, -0.15) is 0 Å². The number of anilines is 2. The topological polar surface area (TPSA) is 131 Å². The Morgan fingerprint density at radius 2 is 1.88 bits per heavy atom. The summed E-state index contributed by atoms with van der Waals surface area (Å²) in [5, 5.41) is 12.2. The second-order valence-corrected chi connectivity index (χ2v) is 9.67. The Morgan fingerprint density at radius 1 is 1.10 bits per heavy atom. The Hall–Kier alpha value is -4.78. The fourth-order valence-electron chi connectivity index (χ4n) is 4.80. The Labute approximate surface area is 227 Å². The number of carbonyl (C=O) groups is 1. The molecule has 40 heavy (non-hydrogen) atoms. The smallest absolute Gasteiger partial charge is 0.240 e. The number of nitrogen functional groups attached to an aromatic ring is 1. The van der Waals surface area contributed by atoms with Crippen molar-refractivity contribution in [2.24, 2.45) is 0 Å². The highest BCUT2D eigenvalue weighted by Gasteiger charge is 2.48. The summed E-state index contributed by atoms with van der Waals surface area (Å²) in [5.74, 6) is -5.76. The zero-order valence-corrected chi connectivity index (χ0v) is 21.1. The summed E-state index contributed by atoms with van der Waals surface area (Å²) in [5.41, 5.74) is 5.24. The summed E-state index contributed by atoms with van der Waals surface area (Å²) < 4.78 is 57.9. The van der Waals surface area contributed by atoms with Crippen LogP contribution in [0.4, 0.5) is 29.2 Å². The highest BCUT2D eigenvalue weighted by Crippen LogP contribution is 2.46. The lowest BCUT2D eigenvalue weighted by Crippen LogP contribution is -2.33. The third kappa shape index (κ3) is 3.80. The number of phenolic OH excluding ortho intramolecular Hbond substituents is 1. The molecular weight excluding hydrogens is 554 g/mol. The number of fused-ring (bicyclic) bond motifs is 2. The van der Waals surface area contributed by atoms with E-state index in [0.717, 1.165) is 18.2 Å². The van der Waals surface area contributed by atoms with Gasteiger partial charge in [0.15, 0.2) is 23.1 Å². The first-order valence-corrected chi connectivity index (χ1v) is 12.0. The number of aromatic hydroxyl groups is 1. The molecule has 14 heteroatoms. The molecule has 6 rings (SSSR count). The van der Waals surface area contributed by atoms with Gasteiger partial charge in [0.25, 0.3) is 0 Å². The largest absolute Gasteiger partial charge is 0.506 e. The van der Waals surface area contributed by atoms with Crippen LogP contribution in [0.2, 0.25) is 5.02 Å². The van der Waals surface area contributed by atoms with Gasteiger partial charge >= 0.3 is 0 Å². The van der Waals surface area contributed by atoms with E-state index < -0.39 is 45.4 Å². The SMILES string of the molecule is C[C@]1(c2cc(O)c(Cl)c(F)c2)C(=O)Nc2nc(-c3cn4ccnc4c(Cc4cc(F)cc(F)c4F)n3)nc(N)c21. The monoisotopic (exact) mass is 569 g/mol. The van der Waals surface area contributed by atoms with Gasteiger partial charge in [-0.05, 0) is 36.2 Å². The number of amides is 1. The minimum Gasteiger partial charge on any atom is -0.506 e. The predicted molar refractivity (Wildman–Crippen MR) is 136 cm³/mol. The Morgan fingerprint density at radius 3 is 2.62 bits per heavy atom. The third-order valence-electron chi connectivity index (χ3n) is 6.81. The highest BCUT2D eigenvalue weighted by molar-refractivity contribution is 6.32. The number of imidazole rings is 1. The molecule has 9 nitrogen and oxygen atoms in total. The second kappa shape index (κ2) is 8.88. The number of carbonyl (C=O) groups excluding carboxylic acids is 1. The molecular formula is C26H16ClF4N7O2. The fourth-order valence-corrected chi connectivity index (χ4v) is 4.91. The molecule has 0 spiro atoms. The van der Waals surface area contributed by atoms with E-state index in [1.54, 1.807) is 10.6 Å². The number of nitrogens with two attached hydrogens (primary N) is 1. The minimum absolute atomic E-state index is 0.0252. The predicted octanol–water partition coefficient (Wildman–Crippen LogP) is 4.53. The van der Waals surface area contributed by atoms with Gasteiger partial charge in [0.05, 0.1) is 11.3 Å². The van der Waals surface area contributed by atoms with Crippen molar-refractivity contribution < 1.29 is 27.5 Å². The maximum absolute atomic E-state index is 14.4. The van der Waals surface area contributed by atoms with Crippen LogP contribution in [0, 0.1) is 23.3 Å². The summed E-state index contributed by atoms with van der Waals surface area (Å²) in [4.78, 5) is 30.5. The summed E-state index contributed by atoms with van der Waals surface area (Å²) >= 11 is 5.73. The van der Waals surface area contributed by atoms with Crippen molar-refractivity contribution in [3.8, 4) is 17.3 Å². The molecule has 1 aliphatic rings. The Bertz CT molecular complexity index is 1870. The molecule has 0 aliphatic carbocycles. The van der Waals surface area contributed by atoms with Gasteiger partial charge in [0, 0.05) is 31.1 Å². The van der Waals surface area contributed by atoms with Crippen LogP contribution in [-0.2, 0) is 16.6 Å². The van der Waals surface area contributed by atoms with Crippen molar-refractivity contribution >= 4 is 34.8 Å². The molecule has 2 aromatic carbocycles.